The molecule has 0 saturated carbocycles. The zero-order valence-corrected chi connectivity index (χ0v) is 13.5. The van der Waals surface area contributed by atoms with Crippen LogP contribution >= 0.6 is 11.6 Å². The van der Waals surface area contributed by atoms with E-state index in [4.69, 9.17) is 11.6 Å². The predicted molar refractivity (Wildman–Crippen MR) is 87.5 cm³/mol. The van der Waals surface area contributed by atoms with Gasteiger partial charge in [0.1, 0.15) is 0 Å². The Balaban J connectivity index is 1.86. The summed E-state index contributed by atoms with van der Waals surface area (Å²) in [6, 6.07) is 7.41. The molecule has 1 atom stereocenters. The molecule has 118 valence electrons. The van der Waals surface area contributed by atoms with E-state index in [1.54, 1.807) is 4.90 Å². The number of rotatable bonds is 4. The Bertz CT molecular complexity index is 548. The van der Waals surface area contributed by atoms with Crippen LogP contribution in [-0.2, 0) is 9.59 Å². The monoisotopic (exact) mass is 320 g/mol. The van der Waals surface area contributed by atoms with Gasteiger partial charge in [-0.05, 0) is 43.5 Å². The van der Waals surface area contributed by atoms with E-state index in [1.807, 2.05) is 31.2 Å². The minimum Gasteiger partial charge on any atom is -0.349 e. The number of nitrogens with one attached hydrogen (secondary N) is 1. The van der Waals surface area contributed by atoms with Gasteiger partial charge in [0, 0.05) is 24.0 Å². The van der Waals surface area contributed by atoms with E-state index in [0.717, 1.165) is 5.56 Å². The lowest BCUT2D eigenvalue weighted by Gasteiger charge is -2.31. The maximum atomic E-state index is 12.3. The van der Waals surface area contributed by atoms with Crippen molar-refractivity contribution < 1.29 is 9.59 Å². The molecule has 1 aromatic carbocycles. The lowest BCUT2D eigenvalue weighted by atomic mass is 9.95. The van der Waals surface area contributed by atoms with Gasteiger partial charge in [-0.2, -0.15) is 0 Å². The smallest absolute Gasteiger partial charge is 0.245 e. The van der Waals surface area contributed by atoms with Crippen molar-refractivity contribution in [3.05, 3.63) is 47.5 Å². The molecule has 4 nitrogen and oxygen atoms in total. The predicted octanol–water partition coefficient (Wildman–Crippen LogP) is 2.94. The van der Waals surface area contributed by atoms with E-state index in [9.17, 15) is 9.59 Å². The fourth-order valence-electron chi connectivity index (χ4n) is 2.66. The Morgan fingerprint density at radius 1 is 1.32 bits per heavy atom. The van der Waals surface area contributed by atoms with E-state index in [-0.39, 0.29) is 23.8 Å². The minimum atomic E-state index is -0.0617. The van der Waals surface area contributed by atoms with Gasteiger partial charge in [0.15, 0.2) is 0 Å². The number of hydrogen-bond acceptors (Lipinski definition) is 2. The molecular formula is C17H21ClN2O2. The fourth-order valence-corrected chi connectivity index (χ4v) is 2.78. The quantitative estimate of drug-likeness (QED) is 0.867. The lowest BCUT2D eigenvalue weighted by molar-refractivity contribution is -0.132. The normalized spacial score (nSPS) is 16.9. The molecule has 1 aromatic rings. The van der Waals surface area contributed by atoms with Crippen molar-refractivity contribution in [1.29, 1.82) is 0 Å². The highest BCUT2D eigenvalue weighted by atomic mass is 35.5. The third-order valence-electron chi connectivity index (χ3n) is 4.08. The molecule has 1 aliphatic heterocycles. The van der Waals surface area contributed by atoms with Gasteiger partial charge in [-0.15, -0.1) is 0 Å². The summed E-state index contributed by atoms with van der Waals surface area (Å²) in [5, 5.41) is 3.72. The Labute approximate surface area is 136 Å². The first-order valence-electron chi connectivity index (χ1n) is 7.48. The van der Waals surface area contributed by atoms with Gasteiger partial charge in [0.2, 0.25) is 11.8 Å². The van der Waals surface area contributed by atoms with Crippen molar-refractivity contribution >= 4 is 23.4 Å². The first-order chi connectivity index (χ1) is 10.5. The van der Waals surface area contributed by atoms with E-state index in [0.29, 0.717) is 31.0 Å². The number of carbonyl (C=O) groups is 2. The second-order valence-electron chi connectivity index (χ2n) is 5.59. The van der Waals surface area contributed by atoms with Crippen molar-refractivity contribution in [1.82, 2.24) is 10.2 Å². The van der Waals surface area contributed by atoms with E-state index in [1.165, 1.54) is 6.08 Å². The van der Waals surface area contributed by atoms with E-state index < -0.39 is 0 Å². The molecule has 1 heterocycles. The molecular weight excluding hydrogens is 300 g/mol. The van der Waals surface area contributed by atoms with Crippen molar-refractivity contribution in [3.63, 3.8) is 0 Å². The summed E-state index contributed by atoms with van der Waals surface area (Å²) in [6.07, 6.45) is 2.71. The lowest BCUT2D eigenvalue weighted by Crippen LogP contribution is -2.42. The molecule has 1 fully saturated rings. The molecule has 0 bridgehead atoms. The zero-order valence-electron chi connectivity index (χ0n) is 12.7. The second kappa shape index (κ2) is 7.45. The minimum absolute atomic E-state index is 0.0383. The number of hydrogen-bond donors (Lipinski definition) is 1. The first-order valence-corrected chi connectivity index (χ1v) is 7.86. The topological polar surface area (TPSA) is 49.4 Å². The van der Waals surface area contributed by atoms with E-state index >= 15 is 0 Å². The molecule has 22 heavy (non-hydrogen) atoms. The van der Waals surface area contributed by atoms with Crippen LogP contribution < -0.4 is 5.32 Å². The summed E-state index contributed by atoms with van der Waals surface area (Å²) < 4.78 is 0. The molecule has 2 amide bonds. The van der Waals surface area contributed by atoms with Crippen LogP contribution in [0.2, 0.25) is 5.02 Å². The second-order valence-corrected chi connectivity index (χ2v) is 6.02. The number of amides is 2. The number of carbonyl (C=O) groups excluding carboxylic acids is 2. The molecule has 0 aromatic heterocycles. The number of likely N-dealkylation sites (tertiary alicyclic amines) is 1. The molecule has 1 aliphatic rings. The van der Waals surface area contributed by atoms with Crippen molar-refractivity contribution in [2.75, 3.05) is 13.1 Å². The summed E-state index contributed by atoms with van der Waals surface area (Å²) in [6.45, 7) is 6.66. The molecule has 2 rings (SSSR count). The molecule has 1 saturated heterocycles. The van der Waals surface area contributed by atoms with Gasteiger partial charge in [0.25, 0.3) is 0 Å². The standard InChI is InChI=1S/C17H21ClN2O2/c1-3-16(21)20-10-8-14(9-11-20)17(22)19-12(2)13-4-6-15(18)7-5-13/h3-7,12,14H,1,8-11H2,2H3,(H,19,22)/t12-/m0/s1. The van der Waals surface area contributed by atoms with Crippen LogP contribution in [0.3, 0.4) is 0 Å². The summed E-state index contributed by atoms with van der Waals surface area (Å²) in [5.41, 5.74) is 1.03. The summed E-state index contributed by atoms with van der Waals surface area (Å²) in [7, 11) is 0. The largest absolute Gasteiger partial charge is 0.349 e. The molecule has 0 aliphatic carbocycles. The summed E-state index contributed by atoms with van der Waals surface area (Å²) >= 11 is 5.87. The Morgan fingerprint density at radius 3 is 2.45 bits per heavy atom. The zero-order chi connectivity index (χ0) is 16.1. The van der Waals surface area contributed by atoms with Crippen LogP contribution in [-0.4, -0.2) is 29.8 Å². The summed E-state index contributed by atoms with van der Waals surface area (Å²) in [4.78, 5) is 25.6. The van der Waals surface area contributed by atoms with Crippen LogP contribution in [0.5, 0.6) is 0 Å². The van der Waals surface area contributed by atoms with Crippen LogP contribution in [0.25, 0.3) is 0 Å². The van der Waals surface area contributed by atoms with Crippen molar-refractivity contribution in [2.45, 2.75) is 25.8 Å². The van der Waals surface area contributed by atoms with Gasteiger partial charge in [-0.25, -0.2) is 0 Å². The average molecular weight is 321 g/mol. The van der Waals surface area contributed by atoms with Crippen LogP contribution in [0.15, 0.2) is 36.9 Å². The maximum Gasteiger partial charge on any atom is 0.245 e. The number of halogens is 1. The molecule has 0 radical (unpaired) electrons. The average Bonchev–Trinajstić information content (AvgIpc) is 2.54. The van der Waals surface area contributed by atoms with E-state index in [2.05, 4.69) is 11.9 Å². The SMILES string of the molecule is C=CC(=O)N1CCC(C(=O)N[C@@H](C)c2ccc(Cl)cc2)CC1. The van der Waals surface area contributed by atoms with Crippen molar-refractivity contribution in [2.24, 2.45) is 5.92 Å². The molecule has 1 N–H and O–H groups in total. The molecule has 0 unspecified atom stereocenters. The van der Waals surface area contributed by atoms with Gasteiger partial charge >= 0.3 is 0 Å². The highest BCUT2D eigenvalue weighted by Crippen LogP contribution is 2.20. The van der Waals surface area contributed by atoms with Gasteiger partial charge in [-0.1, -0.05) is 30.3 Å². The molecule has 5 heteroatoms. The number of benzene rings is 1. The highest BCUT2D eigenvalue weighted by Gasteiger charge is 2.27. The fraction of sp³-hybridized carbons (Fsp3) is 0.412. The first kappa shape index (κ1) is 16.6. The van der Waals surface area contributed by atoms with Crippen LogP contribution in [0.1, 0.15) is 31.4 Å². The molecule has 0 spiro atoms. The van der Waals surface area contributed by atoms with Crippen LogP contribution in [0, 0.1) is 5.92 Å². The van der Waals surface area contributed by atoms with Gasteiger partial charge in [0.05, 0.1) is 6.04 Å². The number of nitrogens with zero attached hydrogens (tertiary/aromatic N) is 1. The van der Waals surface area contributed by atoms with Crippen LogP contribution in [0.4, 0.5) is 0 Å². The Kier molecular flexibility index (Phi) is 5.61. The Morgan fingerprint density at radius 2 is 1.91 bits per heavy atom. The maximum absolute atomic E-state index is 12.3. The third-order valence-corrected chi connectivity index (χ3v) is 4.33. The van der Waals surface area contributed by atoms with Gasteiger partial charge in [-0.3, -0.25) is 9.59 Å². The number of piperidine rings is 1. The summed E-state index contributed by atoms with van der Waals surface area (Å²) in [5.74, 6) is -0.0508. The highest BCUT2D eigenvalue weighted by molar-refractivity contribution is 6.30. The third kappa shape index (κ3) is 4.10. The van der Waals surface area contributed by atoms with Gasteiger partial charge < -0.3 is 10.2 Å². The van der Waals surface area contributed by atoms with Crippen molar-refractivity contribution in [3.8, 4) is 0 Å². The Hall–Kier alpha value is -1.81.